The Morgan fingerprint density at radius 1 is 1.35 bits per heavy atom. The lowest BCUT2D eigenvalue weighted by Crippen LogP contribution is -2.39. The number of sulfonamides is 1. The third-order valence-electron chi connectivity index (χ3n) is 3.66. The van der Waals surface area contributed by atoms with E-state index in [2.05, 4.69) is 22.2 Å². The molecule has 0 aromatic carbocycles. The minimum atomic E-state index is -3.46. The molecule has 0 aliphatic carbocycles. The highest BCUT2D eigenvalue weighted by molar-refractivity contribution is 7.89. The molecule has 1 N–H and O–H groups in total. The van der Waals surface area contributed by atoms with E-state index in [9.17, 15) is 8.42 Å². The molecular weight excluding hydrogens is 276 g/mol. The highest BCUT2D eigenvalue weighted by Crippen LogP contribution is 2.24. The molecule has 0 amide bonds. The lowest BCUT2D eigenvalue weighted by atomic mass is 9.97. The zero-order valence-corrected chi connectivity index (χ0v) is 12.9. The first-order valence-electron chi connectivity index (χ1n) is 7.14. The van der Waals surface area contributed by atoms with E-state index in [0.29, 0.717) is 31.5 Å². The smallest absolute Gasteiger partial charge is 0.246 e. The van der Waals surface area contributed by atoms with Crippen LogP contribution in [0.25, 0.3) is 0 Å². The molecule has 1 unspecified atom stereocenters. The van der Waals surface area contributed by atoms with Gasteiger partial charge in [0.15, 0.2) is 0 Å². The van der Waals surface area contributed by atoms with E-state index in [-0.39, 0.29) is 4.90 Å². The fourth-order valence-electron chi connectivity index (χ4n) is 2.43. The molecule has 1 fully saturated rings. The predicted octanol–water partition coefficient (Wildman–Crippen LogP) is 1.72. The van der Waals surface area contributed by atoms with Crippen molar-refractivity contribution >= 4 is 16.0 Å². The average molecular weight is 298 g/mol. The van der Waals surface area contributed by atoms with E-state index in [1.165, 1.54) is 12.4 Å². The van der Waals surface area contributed by atoms with E-state index in [4.69, 9.17) is 0 Å². The maximum atomic E-state index is 12.5. The number of piperidine rings is 1. The van der Waals surface area contributed by atoms with Gasteiger partial charge in [-0.15, -0.1) is 0 Å². The molecule has 0 spiro atoms. The van der Waals surface area contributed by atoms with E-state index < -0.39 is 10.0 Å². The molecule has 7 heteroatoms. The molecule has 6 nitrogen and oxygen atoms in total. The molecule has 0 bridgehead atoms. The Kier molecular flexibility index (Phi) is 4.93. The molecule has 1 aliphatic rings. The topological polar surface area (TPSA) is 75.2 Å². The Morgan fingerprint density at radius 2 is 2.05 bits per heavy atom. The molecule has 1 aliphatic heterocycles. The molecule has 1 saturated heterocycles. The van der Waals surface area contributed by atoms with Crippen LogP contribution in [0.4, 0.5) is 5.95 Å². The fourth-order valence-corrected chi connectivity index (χ4v) is 3.87. The van der Waals surface area contributed by atoms with Crippen LogP contribution in [0, 0.1) is 5.92 Å². The van der Waals surface area contributed by atoms with Crippen LogP contribution in [-0.2, 0) is 10.0 Å². The molecule has 1 aromatic rings. The minimum absolute atomic E-state index is 0.177. The number of hydrogen-bond acceptors (Lipinski definition) is 5. The van der Waals surface area contributed by atoms with Crippen LogP contribution in [-0.4, -0.2) is 42.3 Å². The average Bonchev–Trinajstić information content (AvgIpc) is 2.48. The first-order valence-corrected chi connectivity index (χ1v) is 8.58. The van der Waals surface area contributed by atoms with Gasteiger partial charge in [-0.3, -0.25) is 0 Å². The summed E-state index contributed by atoms with van der Waals surface area (Å²) in [5.74, 6) is 0.914. The summed E-state index contributed by atoms with van der Waals surface area (Å²) in [5, 5.41) is 2.95. The van der Waals surface area contributed by atoms with Crippen LogP contribution in [0.3, 0.4) is 0 Å². The van der Waals surface area contributed by atoms with Crippen molar-refractivity contribution in [2.45, 2.75) is 38.0 Å². The van der Waals surface area contributed by atoms with Crippen LogP contribution in [0.2, 0.25) is 0 Å². The summed E-state index contributed by atoms with van der Waals surface area (Å²) >= 11 is 0. The van der Waals surface area contributed by atoms with E-state index in [1.807, 2.05) is 6.92 Å². The molecule has 1 aromatic heterocycles. The number of nitrogens with zero attached hydrogens (tertiary/aromatic N) is 3. The van der Waals surface area contributed by atoms with Crippen molar-refractivity contribution in [3.8, 4) is 0 Å². The molecule has 0 saturated carbocycles. The van der Waals surface area contributed by atoms with Crippen LogP contribution in [0.1, 0.15) is 33.1 Å². The third-order valence-corrected chi connectivity index (χ3v) is 5.48. The van der Waals surface area contributed by atoms with Crippen molar-refractivity contribution in [3.05, 3.63) is 12.4 Å². The molecule has 2 rings (SSSR count). The third kappa shape index (κ3) is 3.27. The molecule has 112 valence electrons. The largest absolute Gasteiger partial charge is 0.355 e. The maximum Gasteiger partial charge on any atom is 0.246 e. The number of anilines is 1. The normalized spacial score (nSPS) is 20.8. The van der Waals surface area contributed by atoms with Gasteiger partial charge in [0.2, 0.25) is 16.0 Å². The highest BCUT2D eigenvalue weighted by atomic mass is 32.2. The summed E-state index contributed by atoms with van der Waals surface area (Å²) < 4.78 is 26.7. The van der Waals surface area contributed by atoms with Crippen molar-refractivity contribution in [1.82, 2.24) is 14.3 Å². The zero-order valence-electron chi connectivity index (χ0n) is 12.0. The van der Waals surface area contributed by atoms with Gasteiger partial charge in [-0.05, 0) is 25.7 Å². The van der Waals surface area contributed by atoms with Gasteiger partial charge >= 0.3 is 0 Å². The first-order chi connectivity index (χ1) is 9.57. The van der Waals surface area contributed by atoms with E-state index in [1.54, 1.807) is 4.31 Å². The van der Waals surface area contributed by atoms with Crippen molar-refractivity contribution in [2.75, 3.05) is 25.0 Å². The lowest BCUT2D eigenvalue weighted by molar-refractivity contribution is 0.261. The summed E-state index contributed by atoms with van der Waals surface area (Å²) in [4.78, 5) is 8.26. The van der Waals surface area contributed by atoms with Crippen LogP contribution in [0.15, 0.2) is 17.3 Å². The van der Waals surface area contributed by atoms with E-state index in [0.717, 1.165) is 19.3 Å². The SMILES string of the molecule is CCNc1ncc(S(=O)(=O)N2CCCC(CC)C2)cn1. The highest BCUT2D eigenvalue weighted by Gasteiger charge is 2.30. The van der Waals surface area contributed by atoms with Crippen molar-refractivity contribution < 1.29 is 8.42 Å². The van der Waals surface area contributed by atoms with Gasteiger partial charge in [-0.25, -0.2) is 18.4 Å². The summed E-state index contributed by atoms with van der Waals surface area (Å²) in [6.45, 7) is 5.94. The summed E-state index contributed by atoms with van der Waals surface area (Å²) in [6, 6.07) is 0. The minimum Gasteiger partial charge on any atom is -0.355 e. The van der Waals surface area contributed by atoms with Gasteiger partial charge in [-0.2, -0.15) is 4.31 Å². The van der Waals surface area contributed by atoms with E-state index >= 15 is 0 Å². The van der Waals surface area contributed by atoms with Gasteiger partial charge in [0.25, 0.3) is 0 Å². The maximum absolute atomic E-state index is 12.5. The standard InChI is InChI=1S/C13H22N4O2S/c1-3-11-6-5-7-17(10-11)20(18,19)12-8-15-13(14-4-2)16-9-12/h8-9,11H,3-7,10H2,1-2H3,(H,14,15,16). The second-order valence-electron chi connectivity index (χ2n) is 5.05. The molecule has 2 heterocycles. The Morgan fingerprint density at radius 3 is 2.65 bits per heavy atom. The Balaban J connectivity index is 2.16. The Hall–Kier alpha value is -1.21. The molecule has 0 radical (unpaired) electrons. The van der Waals surface area contributed by atoms with Crippen LogP contribution >= 0.6 is 0 Å². The number of rotatable bonds is 5. The first kappa shape index (κ1) is 15.2. The number of aromatic nitrogens is 2. The zero-order chi connectivity index (χ0) is 14.6. The monoisotopic (exact) mass is 298 g/mol. The van der Waals surface area contributed by atoms with Gasteiger partial charge in [0.05, 0.1) is 12.4 Å². The van der Waals surface area contributed by atoms with Gasteiger partial charge in [-0.1, -0.05) is 13.3 Å². The van der Waals surface area contributed by atoms with Crippen LogP contribution < -0.4 is 5.32 Å². The fraction of sp³-hybridized carbons (Fsp3) is 0.692. The molecule has 1 atom stereocenters. The number of nitrogens with one attached hydrogen (secondary N) is 1. The predicted molar refractivity (Wildman–Crippen MR) is 78.0 cm³/mol. The number of hydrogen-bond donors (Lipinski definition) is 1. The lowest BCUT2D eigenvalue weighted by Gasteiger charge is -2.31. The summed E-state index contributed by atoms with van der Waals surface area (Å²) in [5.41, 5.74) is 0. The van der Waals surface area contributed by atoms with Gasteiger partial charge < -0.3 is 5.32 Å². The second kappa shape index (κ2) is 6.49. The van der Waals surface area contributed by atoms with Crippen LogP contribution in [0.5, 0.6) is 0 Å². The quantitative estimate of drug-likeness (QED) is 0.896. The van der Waals surface area contributed by atoms with Crippen molar-refractivity contribution in [1.29, 1.82) is 0 Å². The van der Waals surface area contributed by atoms with Crippen molar-refractivity contribution in [3.63, 3.8) is 0 Å². The Labute approximate surface area is 120 Å². The van der Waals surface area contributed by atoms with Gasteiger partial charge in [0.1, 0.15) is 4.90 Å². The molecular formula is C13H22N4O2S. The summed E-state index contributed by atoms with van der Waals surface area (Å²) in [7, 11) is -3.46. The summed E-state index contributed by atoms with van der Waals surface area (Å²) in [6.07, 6.45) is 5.82. The Bertz CT molecular complexity index is 530. The van der Waals surface area contributed by atoms with Gasteiger partial charge in [0, 0.05) is 19.6 Å². The van der Waals surface area contributed by atoms with Crippen molar-refractivity contribution in [2.24, 2.45) is 5.92 Å². The second-order valence-corrected chi connectivity index (χ2v) is 6.99. The molecule has 20 heavy (non-hydrogen) atoms.